The molecular formula is C17H18Cl2N2O. The van der Waals surface area contributed by atoms with Crippen molar-refractivity contribution in [2.75, 3.05) is 14.1 Å². The average molecular weight is 337 g/mol. The number of likely N-dealkylation sites (N-methyl/N-ethyl adjacent to an activating group) is 1. The summed E-state index contributed by atoms with van der Waals surface area (Å²) in [6.45, 7) is 1.80. The summed E-state index contributed by atoms with van der Waals surface area (Å²) in [4.78, 5) is 2.01. The second-order valence-corrected chi connectivity index (χ2v) is 6.68. The number of benzene rings is 2. The molecule has 2 unspecified atom stereocenters. The van der Waals surface area contributed by atoms with E-state index in [4.69, 9.17) is 23.2 Å². The van der Waals surface area contributed by atoms with Crippen LogP contribution in [-0.4, -0.2) is 34.8 Å². The van der Waals surface area contributed by atoms with Crippen LogP contribution in [0.25, 0.3) is 21.8 Å². The number of rotatable bonds is 3. The van der Waals surface area contributed by atoms with E-state index in [1.165, 1.54) is 0 Å². The molecule has 3 rings (SSSR count). The van der Waals surface area contributed by atoms with Crippen LogP contribution in [0.4, 0.5) is 0 Å². The fraction of sp³-hybridized carbons (Fsp3) is 0.294. The molecule has 0 bridgehead atoms. The number of aromatic nitrogens is 1. The Morgan fingerprint density at radius 2 is 1.41 bits per heavy atom. The lowest BCUT2D eigenvalue weighted by atomic mass is 10.1. The minimum atomic E-state index is -0.528. The fourth-order valence-corrected chi connectivity index (χ4v) is 3.51. The number of nitrogens with zero attached hydrogens (tertiary/aromatic N) is 2. The summed E-state index contributed by atoms with van der Waals surface area (Å²) in [5.74, 6) is 0. The van der Waals surface area contributed by atoms with Crippen LogP contribution in [0.2, 0.25) is 10.0 Å². The van der Waals surface area contributed by atoms with Gasteiger partial charge in [-0.15, -0.1) is 0 Å². The van der Waals surface area contributed by atoms with E-state index in [2.05, 4.69) is 4.57 Å². The molecule has 3 nitrogen and oxygen atoms in total. The van der Waals surface area contributed by atoms with Crippen LogP contribution in [-0.2, 0) is 0 Å². The maximum Gasteiger partial charge on any atom is 0.112 e. The van der Waals surface area contributed by atoms with Gasteiger partial charge in [0.25, 0.3) is 0 Å². The fourth-order valence-electron chi connectivity index (χ4n) is 3.16. The first-order valence-electron chi connectivity index (χ1n) is 7.13. The summed E-state index contributed by atoms with van der Waals surface area (Å²) in [6.07, 6.45) is -0.706. The Morgan fingerprint density at radius 1 is 0.955 bits per heavy atom. The lowest BCUT2D eigenvalue weighted by molar-refractivity contribution is 0.0526. The predicted molar refractivity (Wildman–Crippen MR) is 93.9 cm³/mol. The van der Waals surface area contributed by atoms with Crippen LogP contribution in [0.3, 0.4) is 0 Å². The standard InChI is InChI=1S/C17H18Cl2N2O/c1-10(22)17(20(2)3)21-15-6-4-11(18)8-13(15)14-9-12(19)5-7-16(14)21/h4-10,17,22H,1-3H3. The van der Waals surface area contributed by atoms with Gasteiger partial charge in [-0.2, -0.15) is 0 Å². The van der Waals surface area contributed by atoms with Crippen molar-refractivity contribution in [3.05, 3.63) is 46.4 Å². The topological polar surface area (TPSA) is 28.4 Å². The Hall–Kier alpha value is -1.26. The highest BCUT2D eigenvalue weighted by Gasteiger charge is 2.24. The molecule has 1 aromatic heterocycles. The lowest BCUT2D eigenvalue weighted by Crippen LogP contribution is -2.34. The van der Waals surface area contributed by atoms with Crippen LogP contribution in [0.5, 0.6) is 0 Å². The molecule has 1 heterocycles. The zero-order valence-electron chi connectivity index (χ0n) is 12.7. The van der Waals surface area contributed by atoms with Crippen molar-refractivity contribution in [2.45, 2.75) is 19.2 Å². The largest absolute Gasteiger partial charge is 0.390 e. The number of hydrogen-bond acceptors (Lipinski definition) is 2. The summed E-state index contributed by atoms with van der Waals surface area (Å²) < 4.78 is 2.14. The van der Waals surface area contributed by atoms with Crippen LogP contribution in [0.1, 0.15) is 13.1 Å². The van der Waals surface area contributed by atoms with Gasteiger partial charge < -0.3 is 9.67 Å². The first-order chi connectivity index (χ1) is 10.4. The molecule has 0 aliphatic heterocycles. The molecule has 0 fully saturated rings. The average Bonchev–Trinajstić information content (AvgIpc) is 2.72. The first kappa shape index (κ1) is 15.6. The third-order valence-electron chi connectivity index (χ3n) is 3.95. The molecule has 116 valence electrons. The van der Waals surface area contributed by atoms with E-state index in [1.54, 1.807) is 6.92 Å². The van der Waals surface area contributed by atoms with Gasteiger partial charge in [0.2, 0.25) is 0 Å². The minimum absolute atomic E-state index is 0.178. The SMILES string of the molecule is CC(O)C(N(C)C)n1c2ccc(Cl)cc2c2cc(Cl)ccc21. The second kappa shape index (κ2) is 5.74. The van der Waals surface area contributed by atoms with E-state index in [9.17, 15) is 5.11 Å². The van der Waals surface area contributed by atoms with Crippen molar-refractivity contribution in [2.24, 2.45) is 0 Å². The lowest BCUT2D eigenvalue weighted by Gasteiger charge is -2.30. The zero-order valence-corrected chi connectivity index (χ0v) is 14.2. The van der Waals surface area contributed by atoms with Gasteiger partial charge in [-0.05, 0) is 57.4 Å². The highest BCUT2D eigenvalue weighted by Crippen LogP contribution is 2.36. The van der Waals surface area contributed by atoms with Gasteiger partial charge in [0.1, 0.15) is 6.17 Å². The molecular weight excluding hydrogens is 319 g/mol. The van der Waals surface area contributed by atoms with E-state index in [1.807, 2.05) is 55.4 Å². The third-order valence-corrected chi connectivity index (χ3v) is 4.42. The van der Waals surface area contributed by atoms with Crippen molar-refractivity contribution in [1.29, 1.82) is 0 Å². The molecule has 5 heteroatoms. The van der Waals surface area contributed by atoms with Gasteiger partial charge in [0.15, 0.2) is 0 Å². The quantitative estimate of drug-likeness (QED) is 0.760. The number of hydrogen-bond donors (Lipinski definition) is 1. The third kappa shape index (κ3) is 2.48. The molecule has 2 aromatic carbocycles. The van der Waals surface area contributed by atoms with Gasteiger partial charge in [0.05, 0.1) is 17.1 Å². The number of aliphatic hydroxyl groups is 1. The molecule has 0 aliphatic carbocycles. The first-order valence-corrected chi connectivity index (χ1v) is 7.89. The highest BCUT2D eigenvalue weighted by molar-refractivity contribution is 6.33. The summed E-state index contributed by atoms with van der Waals surface area (Å²) in [5.41, 5.74) is 2.06. The van der Waals surface area contributed by atoms with Gasteiger partial charge in [0, 0.05) is 20.8 Å². The molecule has 0 saturated carbocycles. The zero-order chi connectivity index (χ0) is 16.0. The summed E-state index contributed by atoms with van der Waals surface area (Å²) >= 11 is 12.3. The highest BCUT2D eigenvalue weighted by atomic mass is 35.5. The minimum Gasteiger partial charge on any atom is -0.390 e. The van der Waals surface area contributed by atoms with E-state index in [0.717, 1.165) is 21.8 Å². The number of aliphatic hydroxyl groups excluding tert-OH is 1. The number of fused-ring (bicyclic) bond motifs is 3. The Bertz CT molecular complexity index is 772. The van der Waals surface area contributed by atoms with Crippen LogP contribution in [0.15, 0.2) is 36.4 Å². The second-order valence-electron chi connectivity index (χ2n) is 5.81. The molecule has 0 amide bonds. The summed E-state index contributed by atoms with van der Waals surface area (Å²) in [5, 5.41) is 13.7. The molecule has 2 atom stereocenters. The molecule has 0 spiro atoms. The van der Waals surface area contributed by atoms with Crippen molar-refractivity contribution < 1.29 is 5.11 Å². The molecule has 3 aromatic rings. The van der Waals surface area contributed by atoms with E-state index in [0.29, 0.717) is 10.0 Å². The van der Waals surface area contributed by atoms with Crippen LogP contribution < -0.4 is 0 Å². The molecule has 0 saturated heterocycles. The Morgan fingerprint density at radius 3 is 1.77 bits per heavy atom. The van der Waals surface area contributed by atoms with Crippen molar-refractivity contribution in [3.8, 4) is 0 Å². The number of halogens is 2. The molecule has 1 N–H and O–H groups in total. The van der Waals surface area contributed by atoms with E-state index >= 15 is 0 Å². The maximum atomic E-state index is 10.3. The van der Waals surface area contributed by atoms with Gasteiger partial charge >= 0.3 is 0 Å². The normalized spacial score (nSPS) is 14.9. The Balaban J connectivity index is 2.45. The molecule has 0 aliphatic rings. The van der Waals surface area contributed by atoms with E-state index < -0.39 is 6.10 Å². The monoisotopic (exact) mass is 336 g/mol. The Labute approximate surface area is 139 Å². The van der Waals surface area contributed by atoms with E-state index in [-0.39, 0.29) is 6.17 Å². The van der Waals surface area contributed by atoms with Crippen molar-refractivity contribution in [1.82, 2.24) is 9.47 Å². The summed E-state index contributed by atoms with van der Waals surface area (Å²) in [7, 11) is 3.92. The van der Waals surface area contributed by atoms with Crippen molar-refractivity contribution >= 4 is 45.0 Å². The Kier molecular flexibility index (Phi) is 4.08. The summed E-state index contributed by atoms with van der Waals surface area (Å²) in [6, 6.07) is 11.6. The predicted octanol–water partition coefficient (Wildman–Crippen LogP) is 4.54. The molecule has 0 radical (unpaired) electrons. The van der Waals surface area contributed by atoms with Gasteiger partial charge in [-0.3, -0.25) is 4.90 Å². The van der Waals surface area contributed by atoms with Crippen LogP contribution >= 0.6 is 23.2 Å². The van der Waals surface area contributed by atoms with Gasteiger partial charge in [-0.25, -0.2) is 0 Å². The molecule has 22 heavy (non-hydrogen) atoms. The van der Waals surface area contributed by atoms with Gasteiger partial charge in [-0.1, -0.05) is 23.2 Å². The van der Waals surface area contributed by atoms with Crippen molar-refractivity contribution in [3.63, 3.8) is 0 Å². The maximum absolute atomic E-state index is 10.3. The smallest absolute Gasteiger partial charge is 0.112 e. The van der Waals surface area contributed by atoms with Crippen LogP contribution in [0, 0.1) is 0 Å².